The van der Waals surface area contributed by atoms with Gasteiger partial charge in [-0.15, -0.1) is 0 Å². The molecule has 1 atom stereocenters. The topological polar surface area (TPSA) is 12.0 Å². The summed E-state index contributed by atoms with van der Waals surface area (Å²) >= 11 is 3.67. The molecule has 0 aromatic carbocycles. The zero-order chi connectivity index (χ0) is 6.91. The van der Waals surface area contributed by atoms with E-state index in [1.807, 2.05) is 0 Å². The summed E-state index contributed by atoms with van der Waals surface area (Å²) in [5.74, 6) is 0.817. The Labute approximate surface area is 65.3 Å². The highest BCUT2D eigenvalue weighted by Gasteiger charge is 2.28. The molecule has 0 aromatic rings. The van der Waals surface area contributed by atoms with Gasteiger partial charge in [0.25, 0.3) is 0 Å². The summed E-state index contributed by atoms with van der Waals surface area (Å²) in [4.78, 5) is 0. The first-order chi connectivity index (χ1) is 4.11. The Hall–Kier alpha value is 0.440. The molecule has 1 nitrogen and oxygen atoms in total. The predicted octanol–water partition coefficient (Wildman–Crippen LogP) is 1.77. The van der Waals surface area contributed by atoms with E-state index < -0.39 is 0 Å². The van der Waals surface area contributed by atoms with Crippen molar-refractivity contribution in [1.29, 1.82) is 0 Å². The number of hydrogen-bond acceptors (Lipinski definition) is 1. The Morgan fingerprint density at radius 2 is 2.22 bits per heavy atom. The lowest BCUT2D eigenvalue weighted by Gasteiger charge is -2.23. The Balaban J connectivity index is 2.42. The SMILES string of the molecule is CC(C)(Br)C1CCNC1. The molecule has 0 aliphatic carbocycles. The van der Waals surface area contributed by atoms with Crippen LogP contribution in [0, 0.1) is 5.92 Å². The molecule has 1 aliphatic rings. The van der Waals surface area contributed by atoms with Crippen molar-refractivity contribution in [3.63, 3.8) is 0 Å². The largest absolute Gasteiger partial charge is 0.316 e. The Morgan fingerprint density at radius 1 is 1.56 bits per heavy atom. The number of alkyl halides is 1. The van der Waals surface area contributed by atoms with Gasteiger partial charge >= 0.3 is 0 Å². The van der Waals surface area contributed by atoms with Crippen molar-refractivity contribution in [2.75, 3.05) is 13.1 Å². The lowest BCUT2D eigenvalue weighted by molar-refractivity contribution is 0.470. The smallest absolute Gasteiger partial charge is 0.0242 e. The van der Waals surface area contributed by atoms with Gasteiger partial charge in [0, 0.05) is 4.32 Å². The van der Waals surface area contributed by atoms with E-state index in [4.69, 9.17) is 0 Å². The second-order valence-corrected chi connectivity index (χ2v) is 5.30. The third-order valence-electron chi connectivity index (χ3n) is 2.03. The first-order valence-electron chi connectivity index (χ1n) is 3.50. The van der Waals surface area contributed by atoms with E-state index in [9.17, 15) is 0 Å². The molecule has 54 valence electrons. The van der Waals surface area contributed by atoms with Crippen LogP contribution in [-0.4, -0.2) is 17.4 Å². The molecule has 1 rings (SSSR count). The van der Waals surface area contributed by atoms with E-state index >= 15 is 0 Å². The third kappa shape index (κ3) is 1.94. The van der Waals surface area contributed by atoms with Crippen molar-refractivity contribution in [2.24, 2.45) is 5.92 Å². The molecule has 0 saturated carbocycles. The van der Waals surface area contributed by atoms with E-state index in [2.05, 4.69) is 35.1 Å². The van der Waals surface area contributed by atoms with Crippen molar-refractivity contribution in [3.05, 3.63) is 0 Å². The highest BCUT2D eigenvalue weighted by atomic mass is 79.9. The van der Waals surface area contributed by atoms with E-state index in [-0.39, 0.29) is 0 Å². The van der Waals surface area contributed by atoms with E-state index in [1.54, 1.807) is 0 Å². The molecule has 1 N–H and O–H groups in total. The second kappa shape index (κ2) is 2.59. The van der Waals surface area contributed by atoms with Crippen LogP contribution in [0.15, 0.2) is 0 Å². The fourth-order valence-electron chi connectivity index (χ4n) is 1.24. The van der Waals surface area contributed by atoms with Crippen molar-refractivity contribution >= 4 is 15.9 Å². The van der Waals surface area contributed by atoms with Crippen molar-refractivity contribution in [2.45, 2.75) is 24.6 Å². The Kier molecular flexibility index (Phi) is 2.17. The first kappa shape index (κ1) is 7.55. The minimum Gasteiger partial charge on any atom is -0.316 e. The fourth-order valence-corrected chi connectivity index (χ4v) is 1.63. The van der Waals surface area contributed by atoms with Gasteiger partial charge in [0.15, 0.2) is 0 Å². The lowest BCUT2D eigenvalue weighted by atomic mass is 9.95. The molecule has 1 saturated heterocycles. The number of hydrogen-bond donors (Lipinski definition) is 1. The van der Waals surface area contributed by atoms with Crippen LogP contribution in [0.4, 0.5) is 0 Å². The van der Waals surface area contributed by atoms with Crippen LogP contribution in [0.25, 0.3) is 0 Å². The molecular weight excluding hydrogens is 178 g/mol. The van der Waals surface area contributed by atoms with E-state index in [0.29, 0.717) is 4.32 Å². The average Bonchev–Trinajstić information content (AvgIpc) is 2.08. The standard InChI is InChI=1S/C7H14BrN/c1-7(2,8)6-3-4-9-5-6/h6,9H,3-5H2,1-2H3. The maximum atomic E-state index is 3.67. The van der Waals surface area contributed by atoms with Crippen LogP contribution in [0.3, 0.4) is 0 Å². The average molecular weight is 192 g/mol. The van der Waals surface area contributed by atoms with Crippen LogP contribution in [-0.2, 0) is 0 Å². The predicted molar refractivity (Wildman–Crippen MR) is 44.0 cm³/mol. The van der Waals surface area contributed by atoms with E-state index in [1.165, 1.54) is 19.5 Å². The maximum absolute atomic E-state index is 3.67. The molecule has 0 radical (unpaired) electrons. The van der Waals surface area contributed by atoms with Crippen LogP contribution in [0.5, 0.6) is 0 Å². The van der Waals surface area contributed by atoms with Gasteiger partial charge in [-0.1, -0.05) is 15.9 Å². The van der Waals surface area contributed by atoms with Gasteiger partial charge in [-0.2, -0.15) is 0 Å². The van der Waals surface area contributed by atoms with Crippen LogP contribution in [0.1, 0.15) is 20.3 Å². The summed E-state index contributed by atoms with van der Waals surface area (Å²) in [5, 5.41) is 3.35. The normalized spacial score (nSPS) is 29.0. The summed E-state index contributed by atoms with van der Waals surface area (Å²) in [6.07, 6.45) is 1.32. The third-order valence-corrected chi connectivity index (χ3v) is 2.68. The minimum atomic E-state index is 0.330. The van der Waals surface area contributed by atoms with Crippen molar-refractivity contribution in [1.82, 2.24) is 5.32 Å². The van der Waals surface area contributed by atoms with Crippen LogP contribution in [0.2, 0.25) is 0 Å². The Bertz CT molecular complexity index is 89.6. The molecule has 0 spiro atoms. The molecular formula is C7H14BrN. The summed E-state index contributed by atoms with van der Waals surface area (Å²) in [6.45, 7) is 6.85. The van der Waals surface area contributed by atoms with Gasteiger partial charge in [0.05, 0.1) is 0 Å². The zero-order valence-corrected chi connectivity index (χ0v) is 7.66. The minimum absolute atomic E-state index is 0.330. The molecule has 1 fully saturated rings. The van der Waals surface area contributed by atoms with E-state index in [0.717, 1.165) is 5.92 Å². The van der Waals surface area contributed by atoms with Crippen molar-refractivity contribution in [3.8, 4) is 0 Å². The molecule has 1 heterocycles. The molecule has 9 heavy (non-hydrogen) atoms. The number of rotatable bonds is 1. The summed E-state index contributed by atoms with van der Waals surface area (Å²) in [7, 11) is 0. The molecule has 2 heteroatoms. The fraction of sp³-hybridized carbons (Fsp3) is 1.00. The summed E-state index contributed by atoms with van der Waals surface area (Å²) in [6, 6.07) is 0. The molecule has 1 unspecified atom stereocenters. The molecule has 0 bridgehead atoms. The molecule has 1 aliphatic heterocycles. The van der Waals surface area contributed by atoms with Gasteiger partial charge < -0.3 is 5.32 Å². The van der Waals surface area contributed by atoms with Gasteiger partial charge in [0.1, 0.15) is 0 Å². The molecule has 0 amide bonds. The highest BCUT2D eigenvalue weighted by Crippen LogP contribution is 2.30. The van der Waals surface area contributed by atoms with Crippen molar-refractivity contribution < 1.29 is 0 Å². The summed E-state index contributed by atoms with van der Waals surface area (Å²) in [5.41, 5.74) is 0. The highest BCUT2D eigenvalue weighted by molar-refractivity contribution is 9.10. The van der Waals surface area contributed by atoms with Crippen LogP contribution < -0.4 is 5.32 Å². The maximum Gasteiger partial charge on any atom is 0.0242 e. The number of nitrogens with one attached hydrogen (secondary N) is 1. The zero-order valence-electron chi connectivity index (χ0n) is 6.08. The second-order valence-electron chi connectivity index (χ2n) is 3.25. The number of halogens is 1. The van der Waals surface area contributed by atoms with Gasteiger partial charge in [-0.05, 0) is 39.3 Å². The lowest BCUT2D eigenvalue weighted by Crippen LogP contribution is -2.25. The molecule has 0 aromatic heterocycles. The van der Waals surface area contributed by atoms with Gasteiger partial charge in [0.2, 0.25) is 0 Å². The quantitative estimate of drug-likeness (QED) is 0.624. The Morgan fingerprint density at radius 3 is 2.44 bits per heavy atom. The first-order valence-corrected chi connectivity index (χ1v) is 4.29. The van der Waals surface area contributed by atoms with Gasteiger partial charge in [-0.25, -0.2) is 0 Å². The van der Waals surface area contributed by atoms with Crippen LogP contribution >= 0.6 is 15.9 Å². The van der Waals surface area contributed by atoms with Gasteiger partial charge in [-0.3, -0.25) is 0 Å². The summed E-state index contributed by atoms with van der Waals surface area (Å²) < 4.78 is 0.330. The monoisotopic (exact) mass is 191 g/mol.